The van der Waals surface area contributed by atoms with Crippen LogP contribution in [0.15, 0.2) is 18.2 Å². The van der Waals surface area contributed by atoms with Crippen LogP contribution in [-0.4, -0.2) is 6.10 Å². The van der Waals surface area contributed by atoms with Gasteiger partial charge in [-0.2, -0.15) is 0 Å². The molecule has 1 rings (SSSR count). The lowest BCUT2D eigenvalue weighted by Crippen LogP contribution is -2.09. The van der Waals surface area contributed by atoms with Gasteiger partial charge in [0.1, 0.15) is 5.75 Å². The van der Waals surface area contributed by atoms with Gasteiger partial charge in [0.2, 0.25) is 0 Å². The normalized spacial score (nSPS) is 12.9. The summed E-state index contributed by atoms with van der Waals surface area (Å²) in [6, 6.07) is 5.68. The van der Waals surface area contributed by atoms with E-state index in [1.165, 1.54) is 0 Å². The third-order valence-electron chi connectivity index (χ3n) is 1.92. The first-order valence-corrected chi connectivity index (χ1v) is 4.82. The number of anilines is 1. The zero-order valence-electron chi connectivity index (χ0n) is 8.95. The van der Waals surface area contributed by atoms with Crippen molar-refractivity contribution in [3.63, 3.8) is 0 Å². The van der Waals surface area contributed by atoms with Crippen molar-refractivity contribution in [2.45, 2.75) is 32.9 Å². The minimum Gasteiger partial charge on any atom is -0.489 e. The zero-order chi connectivity index (χ0) is 10.7. The molecule has 1 aromatic rings. The molecule has 0 saturated carbocycles. The summed E-state index contributed by atoms with van der Waals surface area (Å²) < 4.78 is 5.51. The molecule has 0 heterocycles. The quantitative estimate of drug-likeness (QED) is 0.724. The fourth-order valence-electron chi connectivity index (χ4n) is 1.21. The molecule has 0 bridgehead atoms. The first-order valence-electron chi connectivity index (χ1n) is 4.82. The fourth-order valence-corrected chi connectivity index (χ4v) is 1.21. The average Bonchev–Trinajstić information content (AvgIpc) is 2.07. The fraction of sp³-hybridized carbons (Fsp3) is 0.455. The second-order valence-corrected chi connectivity index (χ2v) is 3.75. The first-order chi connectivity index (χ1) is 6.50. The molecule has 3 heteroatoms. The highest BCUT2D eigenvalue weighted by Crippen LogP contribution is 2.25. The summed E-state index contributed by atoms with van der Waals surface area (Å²) in [5.74, 6) is 0.726. The maximum Gasteiger partial charge on any atom is 0.142 e. The summed E-state index contributed by atoms with van der Waals surface area (Å²) in [5.41, 5.74) is 13.2. The molecule has 1 unspecified atom stereocenters. The van der Waals surface area contributed by atoms with E-state index in [2.05, 4.69) is 0 Å². The van der Waals surface area contributed by atoms with Crippen LogP contribution in [0.4, 0.5) is 5.69 Å². The second kappa shape index (κ2) is 4.33. The molecule has 0 radical (unpaired) electrons. The Balaban J connectivity index is 2.90. The number of rotatable bonds is 3. The predicted octanol–water partition coefficient (Wildman–Crippen LogP) is 2.08. The number of nitrogens with two attached hydrogens (primary N) is 2. The summed E-state index contributed by atoms with van der Waals surface area (Å²) in [6.07, 6.45) is 0.137. The molecule has 0 aromatic heterocycles. The Kier molecular flexibility index (Phi) is 3.36. The van der Waals surface area contributed by atoms with E-state index in [4.69, 9.17) is 16.2 Å². The molecule has 1 atom stereocenters. The van der Waals surface area contributed by atoms with Gasteiger partial charge in [-0.25, -0.2) is 0 Å². The topological polar surface area (TPSA) is 61.3 Å². The molecule has 0 aliphatic heterocycles. The Morgan fingerprint density at radius 3 is 2.29 bits per heavy atom. The maximum atomic E-state index is 5.83. The van der Waals surface area contributed by atoms with Crippen molar-refractivity contribution in [3.8, 4) is 5.75 Å². The van der Waals surface area contributed by atoms with Gasteiger partial charge >= 0.3 is 0 Å². The number of benzene rings is 1. The molecule has 4 N–H and O–H groups in total. The van der Waals surface area contributed by atoms with Crippen molar-refractivity contribution >= 4 is 5.69 Å². The van der Waals surface area contributed by atoms with Crippen molar-refractivity contribution in [1.82, 2.24) is 0 Å². The van der Waals surface area contributed by atoms with Gasteiger partial charge in [-0.1, -0.05) is 6.07 Å². The molecule has 0 fully saturated rings. The molecule has 0 saturated heterocycles. The van der Waals surface area contributed by atoms with E-state index in [0.717, 1.165) is 11.3 Å². The Bertz CT molecular complexity index is 308. The van der Waals surface area contributed by atoms with Gasteiger partial charge < -0.3 is 16.2 Å². The first kappa shape index (κ1) is 10.9. The Labute approximate surface area is 85.0 Å². The van der Waals surface area contributed by atoms with E-state index < -0.39 is 0 Å². The standard InChI is InChI=1S/C11H18N2O/c1-7(2)14-11-5-4-9(8(3)12)6-10(11)13/h4-8H,12-13H2,1-3H3. The van der Waals surface area contributed by atoms with E-state index in [-0.39, 0.29) is 12.1 Å². The molecule has 14 heavy (non-hydrogen) atoms. The molecule has 0 spiro atoms. The van der Waals surface area contributed by atoms with Crippen LogP contribution in [0.3, 0.4) is 0 Å². The number of ether oxygens (including phenoxy) is 1. The molecular weight excluding hydrogens is 176 g/mol. The molecule has 3 nitrogen and oxygen atoms in total. The van der Waals surface area contributed by atoms with Crippen molar-refractivity contribution in [2.24, 2.45) is 5.73 Å². The van der Waals surface area contributed by atoms with Gasteiger partial charge in [0.25, 0.3) is 0 Å². The Morgan fingerprint density at radius 1 is 1.21 bits per heavy atom. The monoisotopic (exact) mass is 194 g/mol. The van der Waals surface area contributed by atoms with E-state index in [1.54, 1.807) is 0 Å². The van der Waals surface area contributed by atoms with E-state index in [9.17, 15) is 0 Å². The zero-order valence-corrected chi connectivity index (χ0v) is 8.95. The van der Waals surface area contributed by atoms with Crippen molar-refractivity contribution in [1.29, 1.82) is 0 Å². The van der Waals surface area contributed by atoms with Crippen molar-refractivity contribution in [2.75, 3.05) is 5.73 Å². The number of nitrogen functional groups attached to an aromatic ring is 1. The summed E-state index contributed by atoms with van der Waals surface area (Å²) in [6.45, 7) is 5.87. The van der Waals surface area contributed by atoms with Crippen molar-refractivity contribution in [3.05, 3.63) is 23.8 Å². The lowest BCUT2D eigenvalue weighted by molar-refractivity contribution is 0.244. The van der Waals surface area contributed by atoms with Crippen LogP contribution >= 0.6 is 0 Å². The number of hydrogen-bond donors (Lipinski definition) is 2. The molecule has 0 amide bonds. The summed E-state index contributed by atoms with van der Waals surface area (Å²) >= 11 is 0. The third-order valence-corrected chi connectivity index (χ3v) is 1.92. The van der Waals surface area contributed by atoms with Crippen LogP contribution in [0.1, 0.15) is 32.4 Å². The minimum atomic E-state index is 0.00500. The van der Waals surface area contributed by atoms with Crippen LogP contribution in [0.25, 0.3) is 0 Å². The Morgan fingerprint density at radius 2 is 1.86 bits per heavy atom. The smallest absolute Gasteiger partial charge is 0.142 e. The van der Waals surface area contributed by atoms with Crippen LogP contribution in [-0.2, 0) is 0 Å². The number of hydrogen-bond acceptors (Lipinski definition) is 3. The van der Waals surface area contributed by atoms with Gasteiger partial charge in [-0.15, -0.1) is 0 Å². The molecule has 0 aliphatic rings. The molecule has 1 aromatic carbocycles. The van der Waals surface area contributed by atoms with Gasteiger partial charge in [-0.05, 0) is 38.5 Å². The lowest BCUT2D eigenvalue weighted by Gasteiger charge is -2.14. The van der Waals surface area contributed by atoms with Gasteiger partial charge in [-0.3, -0.25) is 0 Å². The van der Waals surface area contributed by atoms with Crippen LogP contribution < -0.4 is 16.2 Å². The van der Waals surface area contributed by atoms with Crippen LogP contribution in [0, 0.1) is 0 Å². The minimum absolute atomic E-state index is 0.00500. The summed E-state index contributed by atoms with van der Waals surface area (Å²) in [5, 5.41) is 0. The van der Waals surface area contributed by atoms with Gasteiger partial charge in [0, 0.05) is 6.04 Å². The highest BCUT2D eigenvalue weighted by atomic mass is 16.5. The van der Waals surface area contributed by atoms with Crippen LogP contribution in [0.2, 0.25) is 0 Å². The highest BCUT2D eigenvalue weighted by molar-refractivity contribution is 5.54. The van der Waals surface area contributed by atoms with Gasteiger partial charge in [0.05, 0.1) is 11.8 Å². The molecule has 0 aliphatic carbocycles. The lowest BCUT2D eigenvalue weighted by atomic mass is 10.1. The second-order valence-electron chi connectivity index (χ2n) is 3.75. The van der Waals surface area contributed by atoms with Crippen LogP contribution in [0.5, 0.6) is 5.75 Å². The van der Waals surface area contributed by atoms with E-state index >= 15 is 0 Å². The average molecular weight is 194 g/mol. The summed E-state index contributed by atoms with van der Waals surface area (Å²) in [4.78, 5) is 0. The highest BCUT2D eigenvalue weighted by Gasteiger charge is 2.05. The summed E-state index contributed by atoms with van der Waals surface area (Å²) in [7, 11) is 0. The van der Waals surface area contributed by atoms with Gasteiger partial charge in [0.15, 0.2) is 0 Å². The van der Waals surface area contributed by atoms with E-state index in [0.29, 0.717) is 5.69 Å². The molecule has 78 valence electrons. The Hall–Kier alpha value is -1.22. The maximum absolute atomic E-state index is 5.83. The largest absolute Gasteiger partial charge is 0.489 e. The molecular formula is C11H18N2O. The third kappa shape index (κ3) is 2.64. The predicted molar refractivity (Wildman–Crippen MR) is 59.2 cm³/mol. The van der Waals surface area contributed by atoms with Crippen molar-refractivity contribution < 1.29 is 4.74 Å². The SMILES string of the molecule is CC(C)Oc1ccc(C(C)N)cc1N. The van der Waals surface area contributed by atoms with E-state index in [1.807, 2.05) is 39.0 Å².